The highest BCUT2D eigenvalue weighted by molar-refractivity contribution is 6.23. The second kappa shape index (κ2) is 10.1. The van der Waals surface area contributed by atoms with Crippen molar-refractivity contribution in [1.82, 2.24) is 18.9 Å². The second-order valence-electron chi connectivity index (χ2n) is 13.9. The molecular formula is C44H32N4O. The molecule has 0 fully saturated rings. The molecule has 0 saturated carbocycles. The Morgan fingerprint density at radius 2 is 1.16 bits per heavy atom. The summed E-state index contributed by atoms with van der Waals surface area (Å²) in [6, 6.07) is 49.1. The summed E-state index contributed by atoms with van der Waals surface area (Å²) in [5.41, 5.74) is 9.88. The molecule has 0 aliphatic heterocycles. The van der Waals surface area contributed by atoms with Gasteiger partial charge in [0.2, 0.25) is 11.8 Å². The number of hydrogen-bond donors (Lipinski definition) is 0. The van der Waals surface area contributed by atoms with Gasteiger partial charge in [0, 0.05) is 55.7 Å². The summed E-state index contributed by atoms with van der Waals surface area (Å²) in [6.07, 6.45) is 0. The van der Waals surface area contributed by atoms with Gasteiger partial charge in [0.05, 0.1) is 27.8 Å². The van der Waals surface area contributed by atoms with E-state index >= 15 is 0 Å². The number of benzene rings is 5. The molecule has 0 amide bonds. The molecule has 234 valence electrons. The maximum Gasteiger partial charge on any atom is 0.223 e. The molecule has 0 atom stereocenters. The van der Waals surface area contributed by atoms with Crippen molar-refractivity contribution in [3.8, 4) is 28.7 Å². The summed E-state index contributed by atoms with van der Waals surface area (Å²) in [4.78, 5) is 10.1. The van der Waals surface area contributed by atoms with Gasteiger partial charge in [0.1, 0.15) is 5.65 Å². The van der Waals surface area contributed by atoms with Crippen LogP contribution in [0.1, 0.15) is 26.3 Å². The number of ether oxygens (including phenoxy) is 1. The van der Waals surface area contributed by atoms with Crippen molar-refractivity contribution in [2.24, 2.45) is 0 Å². The topological polar surface area (TPSA) is 44.4 Å². The minimum Gasteiger partial charge on any atom is -0.421 e. The molecule has 0 spiro atoms. The van der Waals surface area contributed by atoms with Gasteiger partial charge in [-0.25, -0.2) is 4.98 Å². The zero-order valence-electron chi connectivity index (χ0n) is 27.5. The first-order valence-electron chi connectivity index (χ1n) is 16.8. The molecular weight excluding hydrogens is 601 g/mol. The molecule has 0 N–H and O–H groups in total. The Labute approximate surface area is 283 Å². The van der Waals surface area contributed by atoms with Gasteiger partial charge in [-0.05, 0) is 53.4 Å². The van der Waals surface area contributed by atoms with Gasteiger partial charge in [-0.15, -0.1) is 0 Å². The van der Waals surface area contributed by atoms with E-state index in [4.69, 9.17) is 14.7 Å². The van der Waals surface area contributed by atoms with Crippen molar-refractivity contribution in [2.75, 3.05) is 0 Å². The Kier molecular flexibility index (Phi) is 5.77. The first kappa shape index (κ1) is 27.9. The molecule has 0 aliphatic rings. The fraction of sp³-hybridized carbons (Fsp3) is 0.0909. The van der Waals surface area contributed by atoms with Crippen molar-refractivity contribution in [3.63, 3.8) is 0 Å². The van der Waals surface area contributed by atoms with Crippen LogP contribution in [0.5, 0.6) is 11.8 Å². The standard InChI is InChI=1S/C44H32N4O/c1-44(2,3)28-11-8-12-29(26-28)47-37-18-6-5-14-31(37)35-23-24-41(46-43(35)47)49-40-20-10-17-36(45-40)27-21-22-32-34-16-9-15-33-30-13-4-7-19-38(30)48(42(33)34)39(32)25-27/h4-26H,1-3H3. The Hall–Kier alpha value is -6.20. The zero-order valence-corrected chi connectivity index (χ0v) is 27.5. The minimum absolute atomic E-state index is 0.0257. The molecule has 5 heterocycles. The zero-order chi connectivity index (χ0) is 32.9. The van der Waals surface area contributed by atoms with Gasteiger partial charge in [0.25, 0.3) is 0 Å². The SMILES string of the molecule is CC(C)(C)c1cccc(-n2c3ccccc3c3ccc(Oc4cccc(-c5ccc6c7cccc8c9ccccc9n(c6c5)c87)n4)nc32)c1. The number of rotatable bonds is 4. The van der Waals surface area contributed by atoms with Crippen molar-refractivity contribution in [3.05, 3.63) is 145 Å². The molecule has 0 saturated heterocycles. The number of hydrogen-bond acceptors (Lipinski definition) is 3. The summed E-state index contributed by atoms with van der Waals surface area (Å²) in [7, 11) is 0. The first-order chi connectivity index (χ1) is 23.9. The molecule has 10 rings (SSSR count). The quantitative estimate of drug-likeness (QED) is 0.194. The molecule has 0 aliphatic carbocycles. The molecule has 5 nitrogen and oxygen atoms in total. The van der Waals surface area contributed by atoms with Crippen LogP contribution in [0, 0.1) is 0 Å². The van der Waals surface area contributed by atoms with E-state index in [-0.39, 0.29) is 5.41 Å². The van der Waals surface area contributed by atoms with Gasteiger partial charge in [-0.3, -0.25) is 4.57 Å². The third-order valence-corrected chi connectivity index (χ3v) is 9.92. The van der Waals surface area contributed by atoms with E-state index in [0.717, 1.165) is 38.9 Å². The first-order valence-corrected chi connectivity index (χ1v) is 16.8. The number of nitrogens with zero attached hydrogens (tertiary/aromatic N) is 4. The van der Waals surface area contributed by atoms with Gasteiger partial charge in [-0.2, -0.15) is 4.98 Å². The third kappa shape index (κ3) is 4.18. The lowest BCUT2D eigenvalue weighted by Crippen LogP contribution is -2.11. The van der Waals surface area contributed by atoms with Gasteiger partial charge in [-0.1, -0.05) is 106 Å². The van der Waals surface area contributed by atoms with Crippen LogP contribution in [0.3, 0.4) is 0 Å². The van der Waals surface area contributed by atoms with Gasteiger partial charge in [0.15, 0.2) is 0 Å². The van der Waals surface area contributed by atoms with Crippen LogP contribution in [0.2, 0.25) is 0 Å². The van der Waals surface area contributed by atoms with Gasteiger partial charge < -0.3 is 9.14 Å². The van der Waals surface area contributed by atoms with Crippen LogP contribution in [-0.2, 0) is 5.41 Å². The van der Waals surface area contributed by atoms with Crippen LogP contribution >= 0.6 is 0 Å². The summed E-state index contributed by atoms with van der Waals surface area (Å²) in [6.45, 7) is 6.73. The Morgan fingerprint density at radius 1 is 0.510 bits per heavy atom. The summed E-state index contributed by atoms with van der Waals surface area (Å²) < 4.78 is 11.0. The monoisotopic (exact) mass is 632 g/mol. The van der Waals surface area contributed by atoms with Crippen LogP contribution in [0.25, 0.3) is 77.0 Å². The van der Waals surface area contributed by atoms with E-state index in [0.29, 0.717) is 11.8 Å². The third-order valence-electron chi connectivity index (χ3n) is 9.92. The predicted molar refractivity (Wildman–Crippen MR) is 202 cm³/mol. The Morgan fingerprint density at radius 3 is 1.98 bits per heavy atom. The lowest BCUT2D eigenvalue weighted by molar-refractivity contribution is 0.447. The van der Waals surface area contributed by atoms with E-state index in [2.05, 4.69) is 145 Å². The molecule has 5 aromatic heterocycles. The highest BCUT2D eigenvalue weighted by Crippen LogP contribution is 2.40. The van der Waals surface area contributed by atoms with Crippen molar-refractivity contribution in [1.29, 1.82) is 0 Å². The minimum atomic E-state index is 0.0257. The second-order valence-corrected chi connectivity index (χ2v) is 13.9. The normalized spacial score (nSPS) is 12.4. The van der Waals surface area contributed by atoms with Crippen molar-refractivity contribution >= 4 is 60.0 Å². The molecule has 5 aromatic carbocycles. The number of pyridine rings is 2. The smallest absolute Gasteiger partial charge is 0.223 e. The molecule has 0 bridgehead atoms. The van der Waals surface area contributed by atoms with Crippen molar-refractivity contribution < 1.29 is 4.74 Å². The number of fused-ring (bicyclic) bond motifs is 9. The van der Waals surface area contributed by atoms with E-state index in [9.17, 15) is 0 Å². The van der Waals surface area contributed by atoms with E-state index in [1.807, 2.05) is 24.3 Å². The van der Waals surface area contributed by atoms with E-state index < -0.39 is 0 Å². The summed E-state index contributed by atoms with van der Waals surface area (Å²) >= 11 is 0. The highest BCUT2D eigenvalue weighted by Gasteiger charge is 2.20. The van der Waals surface area contributed by atoms with Crippen molar-refractivity contribution in [2.45, 2.75) is 26.2 Å². The van der Waals surface area contributed by atoms with E-state index in [1.165, 1.54) is 43.7 Å². The average Bonchev–Trinajstić information content (AvgIpc) is 3.76. The largest absolute Gasteiger partial charge is 0.421 e. The Balaban J connectivity index is 1.07. The molecule has 0 unspecified atom stereocenters. The molecule has 0 radical (unpaired) electrons. The van der Waals surface area contributed by atoms with Crippen LogP contribution in [0.4, 0.5) is 0 Å². The van der Waals surface area contributed by atoms with Crippen LogP contribution in [0.15, 0.2) is 140 Å². The lowest BCUT2D eigenvalue weighted by atomic mass is 9.87. The lowest BCUT2D eigenvalue weighted by Gasteiger charge is -2.20. The summed E-state index contributed by atoms with van der Waals surface area (Å²) in [5.74, 6) is 0.998. The summed E-state index contributed by atoms with van der Waals surface area (Å²) in [5, 5.41) is 7.30. The highest BCUT2D eigenvalue weighted by atomic mass is 16.5. The Bertz CT molecular complexity index is 2910. The number of aromatic nitrogens is 4. The fourth-order valence-corrected chi connectivity index (χ4v) is 7.58. The average molecular weight is 633 g/mol. The van der Waals surface area contributed by atoms with Gasteiger partial charge >= 0.3 is 0 Å². The predicted octanol–water partition coefficient (Wildman–Crippen LogP) is 11.5. The van der Waals surface area contributed by atoms with E-state index in [1.54, 1.807) is 0 Å². The maximum atomic E-state index is 6.41. The van der Waals surface area contributed by atoms with Crippen LogP contribution < -0.4 is 4.74 Å². The molecule has 5 heteroatoms. The molecule has 10 aromatic rings. The maximum absolute atomic E-state index is 6.41. The fourth-order valence-electron chi connectivity index (χ4n) is 7.58. The number of para-hydroxylation sites is 3. The molecule has 49 heavy (non-hydrogen) atoms. The van der Waals surface area contributed by atoms with Crippen LogP contribution in [-0.4, -0.2) is 18.9 Å².